The van der Waals surface area contributed by atoms with Crippen LogP contribution in [0.3, 0.4) is 0 Å². The Hall–Kier alpha value is -2.46. The average molecular weight is 377 g/mol. The molecule has 2 aromatic carbocycles. The number of carbonyl (C=O) groups is 1. The number of Topliss-reactive ketones (excluding diaryl/α,β-unsaturated/α-hetero) is 1. The summed E-state index contributed by atoms with van der Waals surface area (Å²) in [5.41, 5.74) is 5.36. The van der Waals surface area contributed by atoms with Gasteiger partial charge in [0.25, 0.3) is 0 Å². The second-order valence-corrected chi connectivity index (χ2v) is 8.11. The van der Waals surface area contributed by atoms with Crippen molar-refractivity contribution in [3.63, 3.8) is 0 Å². The van der Waals surface area contributed by atoms with Crippen LogP contribution < -0.4 is 9.80 Å². The van der Waals surface area contributed by atoms with Crippen LogP contribution in [0.1, 0.15) is 25.3 Å². The molecule has 3 nitrogen and oxygen atoms in total. The minimum absolute atomic E-state index is 0.209. The van der Waals surface area contributed by atoms with Crippen LogP contribution in [0, 0.1) is 0 Å². The van der Waals surface area contributed by atoms with E-state index in [0.717, 1.165) is 46.8 Å². The van der Waals surface area contributed by atoms with Crippen LogP contribution in [-0.4, -0.2) is 26.4 Å². The van der Waals surface area contributed by atoms with Gasteiger partial charge in [-0.25, -0.2) is 0 Å². The van der Waals surface area contributed by atoms with E-state index < -0.39 is 0 Å². The van der Waals surface area contributed by atoms with E-state index in [1.165, 1.54) is 10.6 Å². The van der Waals surface area contributed by atoms with Crippen LogP contribution in [-0.2, 0) is 4.79 Å². The third-order valence-corrected chi connectivity index (χ3v) is 6.37. The smallest absolute Gasteiger partial charge is 0.187 e. The fourth-order valence-corrected chi connectivity index (χ4v) is 4.96. The van der Waals surface area contributed by atoms with E-state index in [1.807, 2.05) is 14.1 Å². The number of para-hydroxylation sites is 1. The van der Waals surface area contributed by atoms with Crippen molar-refractivity contribution >= 4 is 35.0 Å². The minimum atomic E-state index is 0.209. The molecule has 4 heteroatoms. The van der Waals surface area contributed by atoms with Crippen molar-refractivity contribution in [3.05, 3.63) is 70.3 Å². The first-order valence-corrected chi connectivity index (χ1v) is 10.2. The third-order valence-electron chi connectivity index (χ3n) is 5.14. The zero-order chi connectivity index (χ0) is 19.0. The predicted molar refractivity (Wildman–Crippen MR) is 115 cm³/mol. The van der Waals surface area contributed by atoms with E-state index in [9.17, 15) is 4.79 Å². The molecule has 0 unspecified atom stereocenters. The molecule has 0 amide bonds. The zero-order valence-corrected chi connectivity index (χ0v) is 16.8. The molecule has 27 heavy (non-hydrogen) atoms. The van der Waals surface area contributed by atoms with Crippen molar-refractivity contribution < 1.29 is 4.79 Å². The molecule has 138 valence electrons. The Morgan fingerprint density at radius 2 is 1.81 bits per heavy atom. The average Bonchev–Trinajstić information content (AvgIpc) is 3.22. The highest BCUT2D eigenvalue weighted by Crippen LogP contribution is 2.49. The molecule has 2 aliphatic rings. The lowest BCUT2D eigenvalue weighted by Crippen LogP contribution is -2.19. The molecule has 0 radical (unpaired) electrons. The second kappa shape index (κ2) is 7.28. The fraction of sp³-hybridized carbons (Fsp3) is 0.261. The largest absolute Gasteiger partial charge is 0.378 e. The fourth-order valence-electron chi connectivity index (χ4n) is 3.67. The summed E-state index contributed by atoms with van der Waals surface area (Å²) in [5, 5.41) is 1.12. The van der Waals surface area contributed by atoms with Crippen LogP contribution >= 0.6 is 11.8 Å². The van der Waals surface area contributed by atoms with Crippen molar-refractivity contribution in [2.75, 3.05) is 30.4 Å². The predicted octanol–water partition coefficient (Wildman–Crippen LogP) is 5.34. The third kappa shape index (κ3) is 3.30. The van der Waals surface area contributed by atoms with Crippen LogP contribution in [0.5, 0.6) is 0 Å². The van der Waals surface area contributed by atoms with Crippen LogP contribution in [0.15, 0.2) is 69.6 Å². The van der Waals surface area contributed by atoms with Gasteiger partial charge >= 0.3 is 0 Å². The second-order valence-electron chi connectivity index (χ2n) is 7.08. The molecule has 0 saturated heterocycles. The Kier molecular flexibility index (Phi) is 4.83. The Balaban J connectivity index is 1.63. The molecule has 4 rings (SSSR count). The van der Waals surface area contributed by atoms with Crippen molar-refractivity contribution in [1.82, 2.24) is 0 Å². The number of anilines is 2. The van der Waals surface area contributed by atoms with Gasteiger partial charge in [-0.2, -0.15) is 0 Å². The highest BCUT2D eigenvalue weighted by molar-refractivity contribution is 8.03. The lowest BCUT2D eigenvalue weighted by Gasteiger charge is -2.19. The molecule has 1 aliphatic carbocycles. The van der Waals surface area contributed by atoms with Gasteiger partial charge in [0.1, 0.15) is 0 Å². The van der Waals surface area contributed by atoms with Crippen LogP contribution in [0.2, 0.25) is 0 Å². The molecule has 0 spiro atoms. The van der Waals surface area contributed by atoms with Gasteiger partial charge < -0.3 is 9.80 Å². The molecule has 0 bridgehead atoms. The molecule has 1 heterocycles. The van der Waals surface area contributed by atoms with E-state index in [4.69, 9.17) is 0 Å². The normalized spacial score (nSPS) is 20.5. The van der Waals surface area contributed by atoms with Crippen molar-refractivity contribution in [2.45, 2.75) is 24.7 Å². The molecule has 1 saturated carbocycles. The van der Waals surface area contributed by atoms with Crippen molar-refractivity contribution in [1.29, 1.82) is 0 Å². The topological polar surface area (TPSA) is 23.6 Å². The molecular weight excluding hydrogens is 352 g/mol. The summed E-state index contributed by atoms with van der Waals surface area (Å²) in [6, 6.07) is 16.8. The number of allylic oxidation sites excluding steroid dienone is 2. The summed E-state index contributed by atoms with van der Waals surface area (Å²) in [7, 11) is 4.06. The number of thioether (sulfide) groups is 1. The zero-order valence-electron chi connectivity index (χ0n) is 16.0. The molecule has 1 fully saturated rings. The van der Waals surface area contributed by atoms with E-state index in [0.29, 0.717) is 0 Å². The van der Waals surface area contributed by atoms with Crippen molar-refractivity contribution in [3.8, 4) is 0 Å². The maximum absolute atomic E-state index is 13.1. The monoisotopic (exact) mass is 376 g/mol. The van der Waals surface area contributed by atoms with Gasteiger partial charge in [-0.3, -0.25) is 4.79 Å². The Morgan fingerprint density at radius 1 is 1.07 bits per heavy atom. The number of fused-ring (bicyclic) bond motifs is 1. The number of ketones is 1. The summed E-state index contributed by atoms with van der Waals surface area (Å²) in [6.07, 6.45) is 3.70. The van der Waals surface area contributed by atoms with E-state index in [-0.39, 0.29) is 5.78 Å². The van der Waals surface area contributed by atoms with Gasteiger partial charge in [0.05, 0.1) is 10.7 Å². The quantitative estimate of drug-likeness (QED) is 0.675. The SMILES string of the molecule is CCN1C(=C2CCC(=Cc3ccc(N(C)C)cc3)C2=O)Sc2ccccc21. The van der Waals surface area contributed by atoms with Gasteiger partial charge in [-0.1, -0.05) is 36.0 Å². The number of benzene rings is 2. The van der Waals surface area contributed by atoms with Gasteiger partial charge in [0.15, 0.2) is 5.78 Å². The summed E-state index contributed by atoms with van der Waals surface area (Å²) >= 11 is 1.74. The first-order chi connectivity index (χ1) is 13.1. The first-order valence-electron chi connectivity index (χ1n) is 9.38. The standard InChI is InChI=1S/C23H24N2OS/c1-4-25-20-7-5-6-8-21(20)27-23(25)19-14-11-17(22(19)26)15-16-9-12-18(13-10-16)24(2)3/h5-10,12-13,15H,4,11,14H2,1-3H3. The molecular formula is C23H24N2OS. The lowest BCUT2D eigenvalue weighted by atomic mass is 10.1. The van der Waals surface area contributed by atoms with E-state index in [2.05, 4.69) is 71.3 Å². The van der Waals surface area contributed by atoms with Gasteiger partial charge in [-0.05, 0) is 55.7 Å². The highest BCUT2D eigenvalue weighted by atomic mass is 32.2. The maximum atomic E-state index is 13.1. The number of rotatable bonds is 3. The molecule has 2 aromatic rings. The van der Waals surface area contributed by atoms with Gasteiger partial charge in [-0.15, -0.1) is 0 Å². The van der Waals surface area contributed by atoms with Gasteiger partial charge in [0, 0.05) is 42.4 Å². The highest BCUT2D eigenvalue weighted by Gasteiger charge is 2.33. The Labute approximate surface area is 165 Å². The van der Waals surface area contributed by atoms with Crippen LogP contribution in [0.25, 0.3) is 6.08 Å². The summed E-state index contributed by atoms with van der Waals surface area (Å²) < 4.78 is 0. The summed E-state index contributed by atoms with van der Waals surface area (Å²) in [4.78, 5) is 18.7. The Bertz CT molecular complexity index is 941. The molecule has 1 aliphatic heterocycles. The number of nitrogens with zero attached hydrogens (tertiary/aromatic N) is 2. The molecule has 0 N–H and O–H groups in total. The van der Waals surface area contributed by atoms with E-state index in [1.54, 1.807) is 11.8 Å². The molecule has 0 aromatic heterocycles. The van der Waals surface area contributed by atoms with Crippen molar-refractivity contribution in [2.24, 2.45) is 0 Å². The number of carbonyl (C=O) groups excluding carboxylic acids is 1. The number of hydrogen-bond donors (Lipinski definition) is 0. The lowest BCUT2D eigenvalue weighted by molar-refractivity contribution is -0.111. The minimum Gasteiger partial charge on any atom is -0.378 e. The van der Waals surface area contributed by atoms with Crippen LogP contribution in [0.4, 0.5) is 11.4 Å². The first kappa shape index (κ1) is 17.9. The van der Waals surface area contributed by atoms with Gasteiger partial charge in [0.2, 0.25) is 0 Å². The van der Waals surface area contributed by atoms with E-state index >= 15 is 0 Å². The number of hydrogen-bond acceptors (Lipinski definition) is 4. The molecule has 0 atom stereocenters. The maximum Gasteiger partial charge on any atom is 0.187 e. The summed E-state index contributed by atoms with van der Waals surface area (Å²) in [6.45, 7) is 3.02. The summed E-state index contributed by atoms with van der Waals surface area (Å²) in [5.74, 6) is 0.209. The Morgan fingerprint density at radius 3 is 2.52 bits per heavy atom.